The first kappa shape index (κ1) is 15.5. The molecule has 1 saturated heterocycles. The molecule has 4 heteroatoms. The number of rotatable bonds is 2. The predicted octanol–water partition coefficient (Wildman–Crippen LogP) is 3.25. The maximum atomic E-state index is 12.8. The van der Waals surface area contributed by atoms with Gasteiger partial charge >= 0.3 is 0 Å². The lowest BCUT2D eigenvalue weighted by molar-refractivity contribution is 0.0571. The summed E-state index contributed by atoms with van der Waals surface area (Å²) in [6.45, 7) is 3.40. The van der Waals surface area contributed by atoms with Crippen molar-refractivity contribution in [2.75, 3.05) is 26.2 Å². The van der Waals surface area contributed by atoms with Gasteiger partial charge in [0.2, 0.25) is 0 Å². The molecule has 2 aromatic rings. The Labute approximate surface area is 142 Å². The van der Waals surface area contributed by atoms with Gasteiger partial charge in [-0.05, 0) is 35.7 Å². The minimum absolute atomic E-state index is 0.0516. The fourth-order valence-corrected chi connectivity index (χ4v) is 4.13. The minimum Gasteiger partial charge on any atom is -0.507 e. The van der Waals surface area contributed by atoms with Gasteiger partial charge in [0, 0.05) is 32.2 Å². The SMILES string of the molecule is O=C(c1cc2ccccc2cc1O)N1CCN(C2CCCC2)CC1. The molecule has 24 heavy (non-hydrogen) atoms. The molecule has 1 N–H and O–H groups in total. The van der Waals surface area contributed by atoms with Gasteiger partial charge in [0.05, 0.1) is 5.56 Å². The van der Waals surface area contributed by atoms with Crippen molar-refractivity contribution in [2.45, 2.75) is 31.7 Å². The maximum absolute atomic E-state index is 12.8. The first-order chi connectivity index (χ1) is 11.7. The molecule has 2 fully saturated rings. The first-order valence-corrected chi connectivity index (χ1v) is 8.97. The number of nitrogens with zero attached hydrogens (tertiary/aromatic N) is 2. The molecular weight excluding hydrogens is 300 g/mol. The number of phenols is 1. The van der Waals surface area contributed by atoms with E-state index in [1.54, 1.807) is 6.07 Å². The molecule has 4 nitrogen and oxygen atoms in total. The zero-order chi connectivity index (χ0) is 16.5. The van der Waals surface area contributed by atoms with E-state index in [0.29, 0.717) is 5.56 Å². The lowest BCUT2D eigenvalue weighted by Gasteiger charge is -2.38. The smallest absolute Gasteiger partial charge is 0.257 e. The van der Waals surface area contributed by atoms with Gasteiger partial charge in [0.25, 0.3) is 5.91 Å². The van der Waals surface area contributed by atoms with Crippen molar-refractivity contribution in [3.05, 3.63) is 42.0 Å². The van der Waals surface area contributed by atoms with Gasteiger partial charge < -0.3 is 10.0 Å². The van der Waals surface area contributed by atoms with E-state index in [9.17, 15) is 9.90 Å². The van der Waals surface area contributed by atoms with Crippen molar-refractivity contribution in [3.63, 3.8) is 0 Å². The average molecular weight is 324 g/mol. The summed E-state index contributed by atoms with van der Waals surface area (Å²) >= 11 is 0. The topological polar surface area (TPSA) is 43.8 Å². The van der Waals surface area contributed by atoms with E-state index in [0.717, 1.165) is 43.0 Å². The Hall–Kier alpha value is -2.07. The number of amides is 1. The standard InChI is InChI=1S/C20H24N2O2/c23-19-14-16-6-2-1-5-15(16)13-18(19)20(24)22-11-9-21(10-12-22)17-7-3-4-8-17/h1-2,5-6,13-14,17,23H,3-4,7-12H2. The van der Waals surface area contributed by atoms with Crippen LogP contribution in [0.15, 0.2) is 36.4 Å². The molecular formula is C20H24N2O2. The molecule has 2 aliphatic rings. The van der Waals surface area contributed by atoms with Crippen LogP contribution in [0.4, 0.5) is 0 Å². The molecule has 1 saturated carbocycles. The minimum atomic E-state index is -0.0516. The highest BCUT2D eigenvalue weighted by molar-refractivity contribution is 6.01. The van der Waals surface area contributed by atoms with Gasteiger partial charge in [0.1, 0.15) is 5.75 Å². The van der Waals surface area contributed by atoms with Crippen LogP contribution in [0.1, 0.15) is 36.0 Å². The highest BCUT2D eigenvalue weighted by Crippen LogP contribution is 2.28. The van der Waals surface area contributed by atoms with E-state index in [-0.39, 0.29) is 11.7 Å². The van der Waals surface area contributed by atoms with Crippen LogP contribution in [0.5, 0.6) is 5.75 Å². The third-order valence-electron chi connectivity index (χ3n) is 5.54. The molecule has 126 valence electrons. The average Bonchev–Trinajstić information content (AvgIpc) is 3.15. The van der Waals surface area contributed by atoms with Crippen LogP contribution < -0.4 is 0 Å². The van der Waals surface area contributed by atoms with E-state index < -0.39 is 0 Å². The van der Waals surface area contributed by atoms with Crippen LogP contribution in [0.2, 0.25) is 0 Å². The van der Waals surface area contributed by atoms with Crippen molar-refractivity contribution in [2.24, 2.45) is 0 Å². The summed E-state index contributed by atoms with van der Waals surface area (Å²) in [5, 5.41) is 12.2. The van der Waals surface area contributed by atoms with Crippen molar-refractivity contribution in [1.82, 2.24) is 9.80 Å². The number of phenolic OH excluding ortho intramolecular Hbond substituents is 1. The molecule has 0 bridgehead atoms. The Kier molecular flexibility index (Phi) is 4.15. The molecule has 0 unspecified atom stereocenters. The number of carbonyl (C=O) groups is 1. The molecule has 0 radical (unpaired) electrons. The zero-order valence-electron chi connectivity index (χ0n) is 13.9. The predicted molar refractivity (Wildman–Crippen MR) is 95.3 cm³/mol. The van der Waals surface area contributed by atoms with Gasteiger partial charge in [-0.3, -0.25) is 9.69 Å². The van der Waals surface area contributed by atoms with Crippen LogP contribution in [-0.4, -0.2) is 53.0 Å². The summed E-state index contributed by atoms with van der Waals surface area (Å²) in [4.78, 5) is 17.3. The molecule has 0 atom stereocenters. The van der Waals surface area contributed by atoms with Crippen molar-refractivity contribution in [3.8, 4) is 5.75 Å². The maximum Gasteiger partial charge on any atom is 0.257 e. The number of carbonyl (C=O) groups excluding carboxylic acids is 1. The van der Waals surface area contributed by atoms with E-state index in [1.165, 1.54) is 25.7 Å². The monoisotopic (exact) mass is 324 g/mol. The third kappa shape index (κ3) is 2.86. The second-order valence-corrected chi connectivity index (χ2v) is 6.98. The second-order valence-electron chi connectivity index (χ2n) is 6.98. The van der Waals surface area contributed by atoms with Gasteiger partial charge in [-0.2, -0.15) is 0 Å². The Balaban J connectivity index is 1.49. The van der Waals surface area contributed by atoms with E-state index in [1.807, 2.05) is 35.2 Å². The largest absolute Gasteiger partial charge is 0.507 e. The van der Waals surface area contributed by atoms with Gasteiger partial charge in [-0.15, -0.1) is 0 Å². The fraction of sp³-hybridized carbons (Fsp3) is 0.450. The quantitative estimate of drug-likeness (QED) is 0.922. The second kappa shape index (κ2) is 6.44. The van der Waals surface area contributed by atoms with Gasteiger partial charge in [0.15, 0.2) is 0 Å². The summed E-state index contributed by atoms with van der Waals surface area (Å²) in [5.74, 6) is 0.0289. The van der Waals surface area contributed by atoms with Crippen molar-refractivity contribution in [1.29, 1.82) is 0 Å². The van der Waals surface area contributed by atoms with Crippen LogP contribution in [0.25, 0.3) is 10.8 Å². The van der Waals surface area contributed by atoms with Crippen LogP contribution >= 0.6 is 0 Å². The van der Waals surface area contributed by atoms with Crippen molar-refractivity contribution >= 4 is 16.7 Å². The molecule has 4 rings (SSSR count). The molecule has 1 amide bonds. The first-order valence-electron chi connectivity index (χ1n) is 8.97. The lowest BCUT2D eigenvalue weighted by atomic mass is 10.0. The van der Waals surface area contributed by atoms with Crippen LogP contribution in [0.3, 0.4) is 0 Å². The number of hydrogen-bond acceptors (Lipinski definition) is 3. The molecule has 1 aliphatic heterocycles. The Bertz CT molecular complexity index is 744. The highest BCUT2D eigenvalue weighted by atomic mass is 16.3. The molecule has 0 aromatic heterocycles. The molecule has 2 aromatic carbocycles. The number of fused-ring (bicyclic) bond motifs is 1. The van der Waals surface area contributed by atoms with Gasteiger partial charge in [-0.1, -0.05) is 37.1 Å². The number of hydrogen-bond donors (Lipinski definition) is 1. The number of benzene rings is 2. The van der Waals surface area contributed by atoms with E-state index in [2.05, 4.69) is 4.90 Å². The molecule has 1 heterocycles. The third-order valence-corrected chi connectivity index (χ3v) is 5.54. The Morgan fingerprint density at radius 2 is 1.58 bits per heavy atom. The molecule has 0 spiro atoms. The zero-order valence-corrected chi connectivity index (χ0v) is 13.9. The normalized spacial score (nSPS) is 19.9. The highest BCUT2D eigenvalue weighted by Gasteiger charge is 2.29. The Morgan fingerprint density at radius 1 is 0.958 bits per heavy atom. The Morgan fingerprint density at radius 3 is 2.25 bits per heavy atom. The molecule has 1 aliphatic carbocycles. The van der Waals surface area contributed by atoms with Crippen LogP contribution in [-0.2, 0) is 0 Å². The summed E-state index contributed by atoms with van der Waals surface area (Å²) in [7, 11) is 0. The van der Waals surface area contributed by atoms with Crippen molar-refractivity contribution < 1.29 is 9.90 Å². The summed E-state index contributed by atoms with van der Waals surface area (Å²) in [6.07, 6.45) is 5.29. The fourth-order valence-electron chi connectivity index (χ4n) is 4.13. The van der Waals surface area contributed by atoms with Crippen LogP contribution in [0, 0.1) is 0 Å². The van der Waals surface area contributed by atoms with E-state index in [4.69, 9.17) is 0 Å². The summed E-state index contributed by atoms with van der Waals surface area (Å²) in [6, 6.07) is 12.0. The number of aromatic hydroxyl groups is 1. The lowest BCUT2D eigenvalue weighted by Crippen LogP contribution is -2.51. The summed E-state index contributed by atoms with van der Waals surface area (Å²) in [5.41, 5.74) is 0.419. The van der Waals surface area contributed by atoms with E-state index >= 15 is 0 Å². The summed E-state index contributed by atoms with van der Waals surface area (Å²) < 4.78 is 0. The number of piperazine rings is 1. The van der Waals surface area contributed by atoms with Gasteiger partial charge in [-0.25, -0.2) is 0 Å².